The normalized spacial score (nSPS) is 10.7. The lowest BCUT2D eigenvalue weighted by Crippen LogP contribution is -2.03. The second kappa shape index (κ2) is 9.98. The molecule has 2 N–H and O–H groups in total. The summed E-state index contributed by atoms with van der Waals surface area (Å²) in [7, 11) is 0. The lowest BCUT2D eigenvalue weighted by Gasteiger charge is -2.05. The molecule has 0 fully saturated rings. The molecule has 0 amide bonds. The maximum absolute atomic E-state index is 12.1. The fourth-order valence-corrected chi connectivity index (χ4v) is 2.72. The number of halogens is 1. The molecule has 1 aromatic carbocycles. The molecule has 0 spiro atoms. The predicted octanol–water partition coefficient (Wildman–Crippen LogP) is 5.74. The first-order chi connectivity index (χ1) is 9.65. The van der Waals surface area contributed by atoms with Gasteiger partial charge < -0.3 is 5.73 Å². The first-order valence-electron chi connectivity index (χ1n) is 7.73. The van der Waals surface area contributed by atoms with Crippen LogP contribution in [0, 0.1) is 0 Å². The SMILES string of the molecule is CCCCCCCCCCC(=O)c1ccc(Br)cc1N. The van der Waals surface area contributed by atoms with Crippen LogP contribution in [0.15, 0.2) is 22.7 Å². The van der Waals surface area contributed by atoms with Crippen LogP contribution in [0.5, 0.6) is 0 Å². The van der Waals surface area contributed by atoms with Crippen molar-refractivity contribution in [1.29, 1.82) is 0 Å². The Morgan fingerprint density at radius 3 is 2.25 bits per heavy atom. The first kappa shape index (κ1) is 17.2. The van der Waals surface area contributed by atoms with E-state index in [1.54, 1.807) is 6.07 Å². The molecule has 3 heteroatoms. The highest BCUT2D eigenvalue weighted by Gasteiger charge is 2.09. The molecule has 0 radical (unpaired) electrons. The van der Waals surface area contributed by atoms with Gasteiger partial charge in [0.1, 0.15) is 0 Å². The number of nitrogens with two attached hydrogens (primary N) is 1. The van der Waals surface area contributed by atoms with E-state index in [-0.39, 0.29) is 5.78 Å². The van der Waals surface area contributed by atoms with Crippen LogP contribution < -0.4 is 5.73 Å². The number of benzene rings is 1. The van der Waals surface area contributed by atoms with Crippen molar-refractivity contribution in [3.8, 4) is 0 Å². The Hall–Kier alpha value is -0.830. The summed E-state index contributed by atoms with van der Waals surface area (Å²) in [4.78, 5) is 12.1. The molecule has 0 atom stereocenters. The van der Waals surface area contributed by atoms with E-state index < -0.39 is 0 Å². The molecule has 0 aliphatic heterocycles. The average molecular weight is 340 g/mol. The van der Waals surface area contributed by atoms with E-state index in [1.165, 1.54) is 38.5 Å². The summed E-state index contributed by atoms with van der Waals surface area (Å²) in [6.45, 7) is 2.24. The third kappa shape index (κ3) is 6.56. The first-order valence-corrected chi connectivity index (χ1v) is 8.52. The quantitative estimate of drug-likeness (QED) is 0.335. The van der Waals surface area contributed by atoms with Gasteiger partial charge in [-0.15, -0.1) is 0 Å². The van der Waals surface area contributed by atoms with Gasteiger partial charge in [0.05, 0.1) is 0 Å². The van der Waals surface area contributed by atoms with Crippen LogP contribution in [0.3, 0.4) is 0 Å². The molecule has 0 unspecified atom stereocenters. The number of rotatable bonds is 10. The molecule has 112 valence electrons. The van der Waals surface area contributed by atoms with Crippen LogP contribution in [-0.4, -0.2) is 5.78 Å². The number of unbranched alkanes of at least 4 members (excludes halogenated alkanes) is 7. The van der Waals surface area contributed by atoms with Crippen molar-refractivity contribution in [2.45, 2.75) is 64.7 Å². The Bertz CT molecular complexity index is 417. The zero-order valence-corrected chi connectivity index (χ0v) is 14.0. The van der Waals surface area contributed by atoms with E-state index in [0.717, 1.165) is 17.3 Å². The highest BCUT2D eigenvalue weighted by molar-refractivity contribution is 9.10. The molecular formula is C17H26BrNO. The molecular weight excluding hydrogens is 314 g/mol. The van der Waals surface area contributed by atoms with E-state index in [0.29, 0.717) is 17.7 Å². The third-order valence-corrected chi connectivity index (χ3v) is 4.06. The van der Waals surface area contributed by atoms with Crippen molar-refractivity contribution < 1.29 is 4.79 Å². The largest absolute Gasteiger partial charge is 0.398 e. The van der Waals surface area contributed by atoms with E-state index in [4.69, 9.17) is 5.73 Å². The minimum Gasteiger partial charge on any atom is -0.398 e. The maximum Gasteiger partial charge on any atom is 0.164 e. The van der Waals surface area contributed by atoms with Crippen molar-refractivity contribution in [1.82, 2.24) is 0 Å². The Morgan fingerprint density at radius 2 is 1.65 bits per heavy atom. The molecule has 1 rings (SSSR count). The number of anilines is 1. The van der Waals surface area contributed by atoms with E-state index in [2.05, 4.69) is 22.9 Å². The van der Waals surface area contributed by atoms with Crippen LogP contribution in [0.2, 0.25) is 0 Å². The van der Waals surface area contributed by atoms with Gasteiger partial charge in [-0.1, -0.05) is 67.8 Å². The topological polar surface area (TPSA) is 43.1 Å². The van der Waals surface area contributed by atoms with Gasteiger partial charge in [-0.3, -0.25) is 4.79 Å². The minimum absolute atomic E-state index is 0.168. The summed E-state index contributed by atoms with van der Waals surface area (Å²) in [5.41, 5.74) is 7.11. The molecule has 0 bridgehead atoms. The molecule has 2 nitrogen and oxygen atoms in total. The van der Waals surface area contributed by atoms with Crippen molar-refractivity contribution in [2.24, 2.45) is 0 Å². The van der Waals surface area contributed by atoms with E-state index >= 15 is 0 Å². The summed E-state index contributed by atoms with van der Waals surface area (Å²) >= 11 is 3.35. The average Bonchev–Trinajstić information content (AvgIpc) is 2.41. The highest BCUT2D eigenvalue weighted by Crippen LogP contribution is 2.21. The second-order valence-corrected chi connectivity index (χ2v) is 6.30. The Labute approximate surface area is 131 Å². The summed E-state index contributed by atoms with van der Waals surface area (Å²) in [6.07, 6.45) is 10.6. The van der Waals surface area contributed by atoms with E-state index in [1.807, 2.05) is 12.1 Å². The highest BCUT2D eigenvalue weighted by atomic mass is 79.9. The molecule has 0 saturated carbocycles. The summed E-state index contributed by atoms with van der Waals surface area (Å²) < 4.78 is 0.915. The zero-order chi connectivity index (χ0) is 14.8. The Kier molecular flexibility index (Phi) is 8.59. The third-order valence-electron chi connectivity index (χ3n) is 3.57. The molecule has 1 aromatic rings. The summed E-state index contributed by atoms with van der Waals surface area (Å²) in [6, 6.07) is 5.48. The minimum atomic E-state index is 0.168. The number of Topliss-reactive ketones (excluding diaryl/α,β-unsaturated/α-hetero) is 1. The van der Waals surface area contributed by atoms with Gasteiger partial charge in [0.25, 0.3) is 0 Å². The van der Waals surface area contributed by atoms with Crippen LogP contribution in [-0.2, 0) is 0 Å². The van der Waals surface area contributed by atoms with Gasteiger partial charge in [0.2, 0.25) is 0 Å². The van der Waals surface area contributed by atoms with Gasteiger partial charge in [0.15, 0.2) is 5.78 Å². The standard InChI is InChI=1S/C17H26BrNO/c1-2-3-4-5-6-7-8-9-10-17(20)15-12-11-14(18)13-16(15)19/h11-13H,2-10,19H2,1H3. The predicted molar refractivity (Wildman–Crippen MR) is 90.1 cm³/mol. The number of hydrogen-bond acceptors (Lipinski definition) is 2. The smallest absolute Gasteiger partial charge is 0.164 e. The number of ketones is 1. The van der Waals surface area contributed by atoms with Gasteiger partial charge in [-0.05, 0) is 24.6 Å². The van der Waals surface area contributed by atoms with Crippen molar-refractivity contribution in [3.63, 3.8) is 0 Å². The number of hydrogen-bond donors (Lipinski definition) is 1. The van der Waals surface area contributed by atoms with Crippen LogP contribution in [0.25, 0.3) is 0 Å². The second-order valence-electron chi connectivity index (χ2n) is 5.38. The monoisotopic (exact) mass is 339 g/mol. The van der Waals surface area contributed by atoms with Crippen LogP contribution in [0.1, 0.15) is 75.1 Å². The van der Waals surface area contributed by atoms with Gasteiger partial charge in [-0.25, -0.2) is 0 Å². The van der Waals surface area contributed by atoms with Crippen LogP contribution in [0.4, 0.5) is 5.69 Å². The maximum atomic E-state index is 12.1. The number of nitrogen functional groups attached to an aromatic ring is 1. The Morgan fingerprint density at radius 1 is 1.05 bits per heavy atom. The van der Waals surface area contributed by atoms with Crippen molar-refractivity contribution in [3.05, 3.63) is 28.2 Å². The summed E-state index contributed by atoms with van der Waals surface area (Å²) in [5.74, 6) is 0.168. The van der Waals surface area contributed by atoms with Crippen molar-refractivity contribution >= 4 is 27.4 Å². The fourth-order valence-electron chi connectivity index (χ4n) is 2.34. The Balaban J connectivity index is 2.17. The van der Waals surface area contributed by atoms with Crippen molar-refractivity contribution in [2.75, 3.05) is 5.73 Å². The molecule has 20 heavy (non-hydrogen) atoms. The molecule has 0 aliphatic carbocycles. The molecule has 0 saturated heterocycles. The van der Waals surface area contributed by atoms with Gasteiger partial charge in [-0.2, -0.15) is 0 Å². The lowest BCUT2D eigenvalue weighted by atomic mass is 10.0. The number of carbonyl (C=O) groups excluding carboxylic acids is 1. The zero-order valence-electron chi connectivity index (χ0n) is 12.5. The molecule has 0 heterocycles. The van der Waals surface area contributed by atoms with Crippen LogP contribution >= 0.6 is 15.9 Å². The van der Waals surface area contributed by atoms with Gasteiger partial charge >= 0.3 is 0 Å². The van der Waals surface area contributed by atoms with Gasteiger partial charge in [0, 0.05) is 22.1 Å². The number of carbonyl (C=O) groups is 1. The summed E-state index contributed by atoms with van der Waals surface area (Å²) in [5, 5.41) is 0. The van der Waals surface area contributed by atoms with E-state index in [9.17, 15) is 4.79 Å². The molecule has 0 aromatic heterocycles. The fraction of sp³-hybridized carbons (Fsp3) is 0.588. The lowest BCUT2D eigenvalue weighted by molar-refractivity contribution is 0.0980. The molecule has 0 aliphatic rings.